The van der Waals surface area contributed by atoms with Gasteiger partial charge in [-0.25, -0.2) is 0 Å². The highest BCUT2D eigenvalue weighted by Gasteiger charge is 2.34. The Morgan fingerprint density at radius 1 is 1.14 bits per heavy atom. The van der Waals surface area contributed by atoms with Gasteiger partial charge in [0.2, 0.25) is 5.91 Å². The van der Waals surface area contributed by atoms with Crippen molar-refractivity contribution in [3.8, 4) is 5.75 Å². The average molecular weight is 299 g/mol. The van der Waals surface area contributed by atoms with Crippen molar-refractivity contribution in [3.05, 3.63) is 60.2 Å². The zero-order valence-corrected chi connectivity index (χ0v) is 12.7. The molecule has 108 valence electrons. The molecule has 1 saturated heterocycles. The summed E-state index contributed by atoms with van der Waals surface area (Å²) in [6, 6.07) is 17.8. The first kappa shape index (κ1) is 14.0. The third kappa shape index (κ3) is 2.90. The van der Waals surface area contributed by atoms with Gasteiger partial charge in [0.15, 0.2) is 0 Å². The van der Waals surface area contributed by atoms with Crippen LogP contribution in [0.1, 0.15) is 5.56 Å². The normalized spacial score (nSPS) is 18.0. The highest BCUT2D eigenvalue weighted by molar-refractivity contribution is 8.01. The standard InChI is InChI=1S/C17H17NO2S/c1-20-15-10-6-5-9-14(15)18-12-21-16(17(18)19)11-13-7-3-2-4-8-13/h2-10,16H,11-12H2,1H3. The Balaban J connectivity index is 1.77. The van der Waals surface area contributed by atoms with Crippen molar-refractivity contribution in [2.24, 2.45) is 0 Å². The first-order valence-corrected chi connectivity index (χ1v) is 7.94. The van der Waals surface area contributed by atoms with Gasteiger partial charge in [-0.15, -0.1) is 11.8 Å². The summed E-state index contributed by atoms with van der Waals surface area (Å²) in [7, 11) is 1.63. The zero-order valence-electron chi connectivity index (χ0n) is 11.9. The van der Waals surface area contributed by atoms with E-state index in [2.05, 4.69) is 12.1 Å². The van der Waals surface area contributed by atoms with Crippen LogP contribution in [-0.4, -0.2) is 24.1 Å². The molecule has 1 unspecified atom stereocenters. The van der Waals surface area contributed by atoms with E-state index in [9.17, 15) is 4.79 Å². The van der Waals surface area contributed by atoms with Gasteiger partial charge in [-0.3, -0.25) is 9.69 Å². The van der Waals surface area contributed by atoms with Crippen molar-refractivity contribution in [2.75, 3.05) is 17.9 Å². The number of carbonyl (C=O) groups excluding carboxylic acids is 1. The number of rotatable bonds is 4. The van der Waals surface area contributed by atoms with Crippen molar-refractivity contribution in [3.63, 3.8) is 0 Å². The summed E-state index contributed by atoms with van der Waals surface area (Å²) in [5.41, 5.74) is 2.05. The van der Waals surface area contributed by atoms with Crippen LogP contribution in [0.25, 0.3) is 0 Å². The van der Waals surface area contributed by atoms with Crippen LogP contribution in [0.3, 0.4) is 0 Å². The lowest BCUT2D eigenvalue weighted by molar-refractivity contribution is -0.117. The summed E-state index contributed by atoms with van der Waals surface area (Å²) in [5, 5.41) is -0.0164. The summed E-state index contributed by atoms with van der Waals surface area (Å²) in [4.78, 5) is 14.4. The van der Waals surface area contributed by atoms with Crippen LogP contribution >= 0.6 is 11.8 Å². The quantitative estimate of drug-likeness (QED) is 0.867. The number of carbonyl (C=O) groups is 1. The predicted octanol–water partition coefficient (Wildman–Crippen LogP) is 3.34. The molecule has 2 aromatic carbocycles. The first-order chi connectivity index (χ1) is 10.3. The van der Waals surface area contributed by atoms with E-state index in [0.29, 0.717) is 5.88 Å². The van der Waals surface area contributed by atoms with Crippen LogP contribution in [0, 0.1) is 0 Å². The molecule has 0 N–H and O–H groups in total. The number of hydrogen-bond acceptors (Lipinski definition) is 3. The highest BCUT2D eigenvalue weighted by atomic mass is 32.2. The topological polar surface area (TPSA) is 29.5 Å². The van der Waals surface area contributed by atoms with Crippen LogP contribution in [0.15, 0.2) is 54.6 Å². The molecule has 1 amide bonds. The molecular formula is C17H17NO2S. The predicted molar refractivity (Wildman–Crippen MR) is 86.9 cm³/mol. The van der Waals surface area contributed by atoms with E-state index in [0.717, 1.165) is 17.9 Å². The molecule has 1 aliphatic heterocycles. The van der Waals surface area contributed by atoms with Crippen LogP contribution in [0.4, 0.5) is 5.69 Å². The number of nitrogens with zero attached hydrogens (tertiary/aromatic N) is 1. The van der Waals surface area contributed by atoms with Crippen molar-refractivity contribution >= 4 is 23.4 Å². The zero-order chi connectivity index (χ0) is 14.7. The SMILES string of the molecule is COc1ccccc1N1CSC(Cc2ccccc2)C1=O. The van der Waals surface area contributed by atoms with Crippen molar-refractivity contribution in [2.45, 2.75) is 11.7 Å². The number of benzene rings is 2. The molecular weight excluding hydrogens is 282 g/mol. The number of ether oxygens (including phenoxy) is 1. The molecule has 1 fully saturated rings. The molecule has 1 aliphatic rings. The van der Waals surface area contributed by atoms with Crippen molar-refractivity contribution in [1.29, 1.82) is 0 Å². The van der Waals surface area contributed by atoms with Crippen molar-refractivity contribution in [1.82, 2.24) is 0 Å². The fourth-order valence-electron chi connectivity index (χ4n) is 2.49. The molecule has 1 heterocycles. The van der Waals surface area contributed by atoms with Gasteiger partial charge in [-0.1, -0.05) is 42.5 Å². The molecule has 1 atom stereocenters. The van der Waals surface area contributed by atoms with E-state index < -0.39 is 0 Å². The fourth-order valence-corrected chi connectivity index (χ4v) is 3.66. The summed E-state index contributed by atoms with van der Waals surface area (Å²) < 4.78 is 5.36. The second-order valence-corrected chi connectivity index (χ2v) is 6.07. The minimum absolute atomic E-state index is 0.0164. The van der Waals surface area contributed by atoms with Crippen molar-refractivity contribution < 1.29 is 9.53 Å². The lowest BCUT2D eigenvalue weighted by Gasteiger charge is -2.18. The monoisotopic (exact) mass is 299 g/mol. The van der Waals surface area contributed by atoms with Gasteiger partial charge >= 0.3 is 0 Å². The molecule has 0 aliphatic carbocycles. The molecule has 21 heavy (non-hydrogen) atoms. The van der Waals surface area contributed by atoms with Crippen LogP contribution in [-0.2, 0) is 11.2 Å². The largest absolute Gasteiger partial charge is 0.495 e. The van der Waals surface area contributed by atoms with Crippen LogP contribution in [0.5, 0.6) is 5.75 Å². The van der Waals surface area contributed by atoms with Gasteiger partial charge in [0.05, 0.1) is 23.9 Å². The van der Waals surface area contributed by atoms with E-state index in [1.54, 1.807) is 18.9 Å². The number of methoxy groups -OCH3 is 1. The maximum Gasteiger partial charge on any atom is 0.241 e. The number of anilines is 1. The van der Waals surface area contributed by atoms with Gasteiger partial charge in [0, 0.05) is 0 Å². The van der Waals surface area contributed by atoms with Gasteiger partial charge in [0.25, 0.3) is 0 Å². The highest BCUT2D eigenvalue weighted by Crippen LogP contribution is 2.36. The van der Waals surface area contributed by atoms with E-state index in [-0.39, 0.29) is 11.2 Å². The van der Waals surface area contributed by atoms with E-state index in [1.807, 2.05) is 47.4 Å². The van der Waals surface area contributed by atoms with Crippen LogP contribution in [0.2, 0.25) is 0 Å². The Morgan fingerprint density at radius 2 is 1.86 bits per heavy atom. The van der Waals surface area contributed by atoms with Gasteiger partial charge < -0.3 is 4.74 Å². The molecule has 2 aromatic rings. The van der Waals surface area contributed by atoms with E-state index >= 15 is 0 Å². The molecule has 0 aromatic heterocycles. The first-order valence-electron chi connectivity index (χ1n) is 6.89. The molecule has 0 spiro atoms. The Morgan fingerprint density at radius 3 is 2.62 bits per heavy atom. The number of para-hydroxylation sites is 2. The van der Waals surface area contributed by atoms with Gasteiger partial charge in [-0.05, 0) is 24.1 Å². The fraction of sp³-hybridized carbons (Fsp3) is 0.235. The van der Waals surface area contributed by atoms with Gasteiger partial charge in [0.1, 0.15) is 5.75 Å². The molecule has 4 heteroatoms. The molecule has 0 bridgehead atoms. The number of amides is 1. The average Bonchev–Trinajstić information content (AvgIpc) is 2.89. The second-order valence-electron chi connectivity index (χ2n) is 4.91. The second kappa shape index (κ2) is 6.22. The molecule has 0 saturated carbocycles. The third-order valence-corrected chi connectivity index (χ3v) is 4.76. The third-order valence-electron chi connectivity index (χ3n) is 3.59. The summed E-state index contributed by atoms with van der Waals surface area (Å²) in [6.07, 6.45) is 0.774. The molecule has 3 nitrogen and oxygen atoms in total. The maximum atomic E-state index is 12.6. The smallest absolute Gasteiger partial charge is 0.241 e. The Labute approximate surface area is 128 Å². The molecule has 3 rings (SSSR count). The van der Waals surface area contributed by atoms with Crippen LogP contribution < -0.4 is 9.64 Å². The van der Waals surface area contributed by atoms with Gasteiger partial charge in [-0.2, -0.15) is 0 Å². The lowest BCUT2D eigenvalue weighted by atomic mass is 10.1. The minimum Gasteiger partial charge on any atom is -0.495 e. The van der Waals surface area contributed by atoms with E-state index in [1.165, 1.54) is 5.56 Å². The minimum atomic E-state index is -0.0164. The van der Waals surface area contributed by atoms with E-state index in [4.69, 9.17) is 4.74 Å². The maximum absolute atomic E-state index is 12.6. The lowest BCUT2D eigenvalue weighted by Crippen LogP contribution is -2.30. The Bertz CT molecular complexity index is 630. The number of thioether (sulfide) groups is 1. The summed E-state index contributed by atoms with van der Waals surface area (Å²) in [6.45, 7) is 0. The molecule has 0 radical (unpaired) electrons. The Hall–Kier alpha value is -1.94. The summed E-state index contributed by atoms with van der Waals surface area (Å²) in [5.74, 6) is 1.58. The summed E-state index contributed by atoms with van der Waals surface area (Å²) >= 11 is 1.69. The Kier molecular flexibility index (Phi) is 4.15. The number of hydrogen-bond donors (Lipinski definition) is 0.